The molecule has 0 atom stereocenters. The first-order chi connectivity index (χ1) is 11.5. The van der Waals surface area contributed by atoms with Gasteiger partial charge in [-0.2, -0.15) is 0 Å². The minimum atomic E-state index is -0.221. The van der Waals surface area contributed by atoms with Gasteiger partial charge in [-0.3, -0.25) is 0 Å². The summed E-state index contributed by atoms with van der Waals surface area (Å²) < 4.78 is 24.5. The van der Waals surface area contributed by atoms with Crippen LogP contribution in [-0.2, 0) is 30.9 Å². The Morgan fingerprint density at radius 2 is 1.83 bits per heavy atom. The SMILES string of the molecule is COCc1cc(CNCc2ccc3c(c2)CC(C)(C)O3)ccc1F. The van der Waals surface area contributed by atoms with Gasteiger partial charge in [0.2, 0.25) is 0 Å². The van der Waals surface area contributed by atoms with Gasteiger partial charge in [-0.1, -0.05) is 18.2 Å². The zero-order chi connectivity index (χ0) is 17.2. The van der Waals surface area contributed by atoms with Gasteiger partial charge in [-0.25, -0.2) is 4.39 Å². The van der Waals surface area contributed by atoms with Crippen LogP contribution in [-0.4, -0.2) is 12.7 Å². The van der Waals surface area contributed by atoms with E-state index in [9.17, 15) is 4.39 Å². The summed E-state index contributed by atoms with van der Waals surface area (Å²) in [6.07, 6.45) is 0.939. The van der Waals surface area contributed by atoms with Crippen LogP contribution in [0.15, 0.2) is 36.4 Å². The summed E-state index contributed by atoms with van der Waals surface area (Å²) in [5.41, 5.74) is 4.03. The number of ether oxygens (including phenoxy) is 2. The van der Waals surface area contributed by atoms with E-state index in [1.165, 1.54) is 17.2 Å². The number of rotatable bonds is 6. The molecule has 1 aliphatic rings. The van der Waals surface area contributed by atoms with E-state index in [2.05, 4.69) is 37.4 Å². The van der Waals surface area contributed by atoms with Crippen molar-refractivity contribution < 1.29 is 13.9 Å². The number of fused-ring (bicyclic) bond motifs is 1. The van der Waals surface area contributed by atoms with E-state index in [1.807, 2.05) is 6.07 Å². The average molecular weight is 329 g/mol. The molecule has 0 saturated carbocycles. The second-order valence-corrected chi connectivity index (χ2v) is 6.94. The molecular formula is C20H24FNO2. The first kappa shape index (κ1) is 16.9. The molecule has 128 valence electrons. The Bertz CT molecular complexity index is 728. The highest BCUT2D eigenvalue weighted by Crippen LogP contribution is 2.35. The van der Waals surface area contributed by atoms with Gasteiger partial charge in [0.25, 0.3) is 0 Å². The molecular weight excluding hydrogens is 305 g/mol. The van der Waals surface area contributed by atoms with Gasteiger partial charge in [0.15, 0.2) is 0 Å². The van der Waals surface area contributed by atoms with Gasteiger partial charge in [0.1, 0.15) is 17.2 Å². The predicted octanol–water partition coefficient (Wildman–Crippen LogP) is 3.98. The van der Waals surface area contributed by atoms with Crippen LogP contribution >= 0.6 is 0 Å². The minimum Gasteiger partial charge on any atom is -0.487 e. The molecule has 0 saturated heterocycles. The number of methoxy groups -OCH3 is 1. The van der Waals surface area contributed by atoms with Crippen molar-refractivity contribution >= 4 is 0 Å². The van der Waals surface area contributed by atoms with Crippen LogP contribution in [0.2, 0.25) is 0 Å². The van der Waals surface area contributed by atoms with Gasteiger partial charge < -0.3 is 14.8 Å². The van der Waals surface area contributed by atoms with E-state index in [1.54, 1.807) is 13.2 Å². The first-order valence-electron chi connectivity index (χ1n) is 8.25. The first-order valence-corrected chi connectivity index (χ1v) is 8.25. The molecule has 3 nitrogen and oxygen atoms in total. The molecule has 1 aliphatic heterocycles. The maximum atomic E-state index is 13.6. The fourth-order valence-electron chi connectivity index (χ4n) is 3.13. The molecule has 0 aliphatic carbocycles. The third-order valence-corrected chi connectivity index (χ3v) is 4.20. The van der Waals surface area contributed by atoms with Crippen molar-refractivity contribution in [2.75, 3.05) is 7.11 Å². The van der Waals surface area contributed by atoms with Crippen molar-refractivity contribution in [3.8, 4) is 5.75 Å². The van der Waals surface area contributed by atoms with Gasteiger partial charge in [-0.15, -0.1) is 0 Å². The lowest BCUT2D eigenvalue weighted by Crippen LogP contribution is -2.24. The zero-order valence-electron chi connectivity index (χ0n) is 14.5. The molecule has 0 unspecified atom stereocenters. The smallest absolute Gasteiger partial charge is 0.128 e. The Morgan fingerprint density at radius 1 is 1.12 bits per heavy atom. The van der Waals surface area contributed by atoms with Crippen LogP contribution in [0.1, 0.15) is 36.1 Å². The van der Waals surface area contributed by atoms with Gasteiger partial charge in [0, 0.05) is 32.2 Å². The van der Waals surface area contributed by atoms with E-state index in [0.717, 1.165) is 24.3 Å². The number of halogens is 1. The minimum absolute atomic E-state index is 0.111. The average Bonchev–Trinajstić information content (AvgIpc) is 2.84. The van der Waals surface area contributed by atoms with Gasteiger partial charge in [0.05, 0.1) is 6.61 Å². The molecule has 1 heterocycles. The molecule has 1 N–H and O–H groups in total. The number of hydrogen-bond donors (Lipinski definition) is 1. The van der Waals surface area contributed by atoms with Crippen LogP contribution in [0, 0.1) is 5.82 Å². The molecule has 2 aromatic rings. The van der Waals surface area contributed by atoms with Crippen molar-refractivity contribution in [1.29, 1.82) is 0 Å². The largest absolute Gasteiger partial charge is 0.487 e. The van der Waals surface area contributed by atoms with Crippen LogP contribution < -0.4 is 10.1 Å². The predicted molar refractivity (Wildman–Crippen MR) is 92.5 cm³/mol. The van der Waals surface area contributed by atoms with E-state index in [4.69, 9.17) is 9.47 Å². The van der Waals surface area contributed by atoms with Gasteiger partial charge >= 0.3 is 0 Å². The molecule has 0 spiro atoms. The van der Waals surface area contributed by atoms with Crippen LogP contribution in [0.25, 0.3) is 0 Å². The Morgan fingerprint density at radius 3 is 2.58 bits per heavy atom. The van der Waals surface area contributed by atoms with Crippen molar-refractivity contribution in [2.45, 2.75) is 45.6 Å². The van der Waals surface area contributed by atoms with Crippen molar-refractivity contribution in [3.63, 3.8) is 0 Å². The number of benzene rings is 2. The lowest BCUT2D eigenvalue weighted by molar-refractivity contribution is 0.138. The zero-order valence-corrected chi connectivity index (χ0v) is 14.5. The van der Waals surface area contributed by atoms with Crippen LogP contribution in [0.4, 0.5) is 4.39 Å². The van der Waals surface area contributed by atoms with E-state index in [-0.39, 0.29) is 11.4 Å². The lowest BCUT2D eigenvalue weighted by Gasteiger charge is -2.16. The third-order valence-electron chi connectivity index (χ3n) is 4.20. The molecule has 4 heteroatoms. The second kappa shape index (κ2) is 6.91. The summed E-state index contributed by atoms with van der Waals surface area (Å²) in [5.74, 6) is 0.772. The highest BCUT2D eigenvalue weighted by Gasteiger charge is 2.29. The van der Waals surface area contributed by atoms with Crippen molar-refractivity contribution in [1.82, 2.24) is 5.32 Å². The summed E-state index contributed by atoms with van der Waals surface area (Å²) in [7, 11) is 1.57. The fourth-order valence-corrected chi connectivity index (χ4v) is 3.13. The Hall–Kier alpha value is -1.91. The summed E-state index contributed by atoms with van der Waals surface area (Å²) in [6, 6.07) is 11.5. The topological polar surface area (TPSA) is 30.5 Å². The van der Waals surface area contributed by atoms with Crippen LogP contribution in [0.3, 0.4) is 0 Å². The van der Waals surface area contributed by atoms with Crippen molar-refractivity contribution in [2.24, 2.45) is 0 Å². The van der Waals surface area contributed by atoms with Crippen LogP contribution in [0.5, 0.6) is 5.75 Å². The third kappa shape index (κ3) is 3.94. The molecule has 0 radical (unpaired) electrons. The molecule has 0 fully saturated rings. The normalized spacial score (nSPS) is 15.2. The maximum absolute atomic E-state index is 13.6. The fraction of sp³-hybridized carbons (Fsp3) is 0.400. The summed E-state index contributed by atoms with van der Waals surface area (Å²) >= 11 is 0. The molecule has 0 aromatic heterocycles. The lowest BCUT2D eigenvalue weighted by atomic mass is 10.0. The summed E-state index contributed by atoms with van der Waals surface area (Å²) in [4.78, 5) is 0. The summed E-state index contributed by atoms with van der Waals surface area (Å²) in [5, 5.41) is 3.41. The molecule has 3 rings (SSSR count). The summed E-state index contributed by atoms with van der Waals surface area (Å²) in [6.45, 7) is 5.97. The quantitative estimate of drug-likeness (QED) is 0.870. The van der Waals surface area contributed by atoms with Crippen molar-refractivity contribution in [3.05, 3.63) is 64.5 Å². The van der Waals surface area contributed by atoms with Gasteiger partial charge in [-0.05, 0) is 48.7 Å². The Kier molecular flexibility index (Phi) is 4.88. The van der Waals surface area contributed by atoms with E-state index in [0.29, 0.717) is 18.7 Å². The Balaban J connectivity index is 1.59. The second-order valence-electron chi connectivity index (χ2n) is 6.94. The van der Waals surface area contributed by atoms with E-state index < -0.39 is 0 Å². The number of hydrogen-bond acceptors (Lipinski definition) is 3. The van der Waals surface area contributed by atoms with E-state index >= 15 is 0 Å². The highest BCUT2D eigenvalue weighted by molar-refractivity contribution is 5.41. The molecule has 24 heavy (non-hydrogen) atoms. The molecule has 2 aromatic carbocycles. The number of nitrogens with one attached hydrogen (secondary N) is 1. The highest BCUT2D eigenvalue weighted by atomic mass is 19.1. The maximum Gasteiger partial charge on any atom is 0.128 e. The Labute approximate surface area is 142 Å². The monoisotopic (exact) mass is 329 g/mol. The molecule has 0 bridgehead atoms. The standard InChI is InChI=1S/C20H24FNO2/c1-20(2)10-16-8-15(5-7-19(16)24-20)12-22-11-14-4-6-18(21)17(9-14)13-23-3/h4-9,22H,10-13H2,1-3H3. The molecule has 0 amide bonds.